The average molecular weight is 234 g/mol. The summed E-state index contributed by atoms with van der Waals surface area (Å²) < 4.78 is 0. The molecule has 17 heavy (non-hydrogen) atoms. The highest BCUT2D eigenvalue weighted by atomic mass is 16.1. The van der Waals surface area contributed by atoms with E-state index in [1.54, 1.807) is 0 Å². The molecule has 0 aromatic rings. The molecule has 0 spiro atoms. The van der Waals surface area contributed by atoms with E-state index in [0.29, 0.717) is 17.1 Å². The van der Waals surface area contributed by atoms with E-state index in [0.717, 1.165) is 30.6 Å². The second-order valence-electron chi connectivity index (χ2n) is 7.13. The summed E-state index contributed by atoms with van der Waals surface area (Å²) in [5.74, 6) is 3.57. The molecular weight excluding hydrogens is 208 g/mol. The van der Waals surface area contributed by atoms with Crippen molar-refractivity contribution in [1.82, 2.24) is 0 Å². The van der Waals surface area contributed by atoms with Crippen LogP contribution in [0.5, 0.6) is 0 Å². The van der Waals surface area contributed by atoms with Gasteiger partial charge in [0.05, 0.1) is 0 Å². The van der Waals surface area contributed by atoms with E-state index in [9.17, 15) is 4.79 Å². The van der Waals surface area contributed by atoms with Crippen LogP contribution in [0.2, 0.25) is 0 Å². The lowest BCUT2D eigenvalue weighted by Gasteiger charge is -2.42. The van der Waals surface area contributed by atoms with Gasteiger partial charge in [-0.1, -0.05) is 26.7 Å². The van der Waals surface area contributed by atoms with E-state index >= 15 is 0 Å². The molecule has 3 saturated carbocycles. The van der Waals surface area contributed by atoms with Crippen molar-refractivity contribution in [3.05, 3.63) is 0 Å². The van der Waals surface area contributed by atoms with Crippen LogP contribution in [0, 0.1) is 29.1 Å². The van der Waals surface area contributed by atoms with Gasteiger partial charge in [-0.15, -0.1) is 0 Å². The highest BCUT2D eigenvalue weighted by molar-refractivity contribution is 5.82. The number of ketones is 1. The fourth-order valence-corrected chi connectivity index (χ4v) is 5.50. The zero-order valence-corrected chi connectivity index (χ0v) is 11.4. The Morgan fingerprint density at radius 2 is 1.82 bits per heavy atom. The van der Waals surface area contributed by atoms with Crippen LogP contribution in [0.1, 0.15) is 65.2 Å². The number of hydrogen-bond acceptors (Lipinski definition) is 1. The van der Waals surface area contributed by atoms with E-state index in [4.69, 9.17) is 0 Å². The minimum atomic E-state index is 0.446. The molecule has 1 heteroatoms. The normalized spacial score (nSPS) is 50.6. The average Bonchev–Trinajstić information content (AvgIpc) is 2.86. The summed E-state index contributed by atoms with van der Waals surface area (Å²) >= 11 is 0. The Balaban J connectivity index is 1.85. The van der Waals surface area contributed by atoms with Crippen molar-refractivity contribution in [2.24, 2.45) is 29.1 Å². The van der Waals surface area contributed by atoms with Crippen molar-refractivity contribution < 1.29 is 4.79 Å². The summed E-state index contributed by atoms with van der Waals surface area (Å²) in [5.41, 5.74) is 0.497. The highest BCUT2D eigenvalue weighted by Crippen LogP contribution is 2.60. The third-order valence-electron chi connectivity index (χ3n) is 6.39. The Kier molecular flexibility index (Phi) is 2.83. The van der Waals surface area contributed by atoms with Gasteiger partial charge in [0.2, 0.25) is 0 Å². The molecule has 3 unspecified atom stereocenters. The second-order valence-corrected chi connectivity index (χ2v) is 7.13. The molecular formula is C16H26O. The first-order chi connectivity index (χ1) is 8.13. The Morgan fingerprint density at radius 3 is 2.53 bits per heavy atom. The Bertz CT molecular complexity index is 321. The molecule has 0 aromatic carbocycles. The Morgan fingerprint density at radius 1 is 1.06 bits per heavy atom. The van der Waals surface area contributed by atoms with E-state index < -0.39 is 0 Å². The Hall–Kier alpha value is -0.330. The van der Waals surface area contributed by atoms with Crippen LogP contribution in [0.4, 0.5) is 0 Å². The van der Waals surface area contributed by atoms with Crippen LogP contribution in [-0.4, -0.2) is 5.78 Å². The van der Waals surface area contributed by atoms with Gasteiger partial charge in [0.15, 0.2) is 0 Å². The van der Waals surface area contributed by atoms with Crippen molar-refractivity contribution >= 4 is 5.78 Å². The lowest BCUT2D eigenvalue weighted by atomic mass is 9.62. The minimum absolute atomic E-state index is 0.446. The fourth-order valence-electron chi connectivity index (χ4n) is 5.50. The lowest BCUT2D eigenvalue weighted by molar-refractivity contribution is -0.127. The third kappa shape index (κ3) is 1.69. The van der Waals surface area contributed by atoms with E-state index in [1.165, 1.54) is 38.5 Å². The molecule has 1 nitrogen and oxygen atoms in total. The first-order valence-electron chi connectivity index (χ1n) is 7.65. The topological polar surface area (TPSA) is 17.1 Å². The van der Waals surface area contributed by atoms with Gasteiger partial charge in [0, 0.05) is 12.3 Å². The maximum atomic E-state index is 12.1. The van der Waals surface area contributed by atoms with Crippen LogP contribution in [0.3, 0.4) is 0 Å². The molecule has 0 saturated heterocycles. The van der Waals surface area contributed by atoms with E-state index in [1.807, 2.05) is 0 Å². The smallest absolute Gasteiger partial charge is 0.136 e. The van der Waals surface area contributed by atoms with Crippen LogP contribution >= 0.6 is 0 Å². The number of carbonyl (C=O) groups excluding carboxylic acids is 1. The molecule has 5 atom stereocenters. The van der Waals surface area contributed by atoms with Gasteiger partial charge in [-0.2, -0.15) is 0 Å². The van der Waals surface area contributed by atoms with Gasteiger partial charge in [-0.05, 0) is 55.3 Å². The maximum Gasteiger partial charge on any atom is 0.136 e. The van der Waals surface area contributed by atoms with Crippen LogP contribution < -0.4 is 0 Å². The van der Waals surface area contributed by atoms with Gasteiger partial charge in [-0.3, -0.25) is 4.79 Å². The fraction of sp³-hybridized carbons (Fsp3) is 0.938. The molecule has 3 rings (SSSR count). The minimum Gasteiger partial charge on any atom is -0.299 e. The van der Waals surface area contributed by atoms with Gasteiger partial charge in [0.1, 0.15) is 5.78 Å². The zero-order valence-electron chi connectivity index (χ0n) is 11.4. The molecule has 0 bridgehead atoms. The molecule has 3 aliphatic rings. The SMILES string of the molecule is CC1CCCC1C1(C)CC[C@@H]2C(=O)CCC[C@@H]21. The van der Waals surface area contributed by atoms with Crippen molar-refractivity contribution in [2.45, 2.75) is 65.2 Å². The predicted octanol–water partition coefficient (Wildman–Crippen LogP) is 4.21. The van der Waals surface area contributed by atoms with E-state index in [2.05, 4.69) is 13.8 Å². The van der Waals surface area contributed by atoms with Crippen molar-refractivity contribution in [2.75, 3.05) is 0 Å². The maximum absolute atomic E-state index is 12.1. The largest absolute Gasteiger partial charge is 0.299 e. The van der Waals surface area contributed by atoms with Crippen molar-refractivity contribution in [3.63, 3.8) is 0 Å². The number of rotatable bonds is 1. The van der Waals surface area contributed by atoms with Gasteiger partial charge < -0.3 is 0 Å². The number of Topliss-reactive ketones (excluding diaryl/α,β-unsaturated/α-hetero) is 1. The second kappa shape index (κ2) is 4.10. The molecule has 0 aliphatic heterocycles. The summed E-state index contributed by atoms with van der Waals surface area (Å²) in [6, 6.07) is 0. The first kappa shape index (κ1) is 11.7. The molecule has 0 amide bonds. The molecule has 0 N–H and O–H groups in total. The molecule has 0 aromatic heterocycles. The highest BCUT2D eigenvalue weighted by Gasteiger charge is 2.53. The molecule has 3 aliphatic carbocycles. The van der Waals surface area contributed by atoms with Gasteiger partial charge in [-0.25, -0.2) is 0 Å². The van der Waals surface area contributed by atoms with Crippen LogP contribution in [0.25, 0.3) is 0 Å². The molecule has 0 heterocycles. The quantitative estimate of drug-likeness (QED) is 0.664. The molecule has 3 fully saturated rings. The monoisotopic (exact) mass is 234 g/mol. The summed E-state index contributed by atoms with van der Waals surface area (Å²) in [4.78, 5) is 12.1. The Labute approximate surface area is 105 Å². The first-order valence-corrected chi connectivity index (χ1v) is 7.65. The third-order valence-corrected chi connectivity index (χ3v) is 6.39. The number of fused-ring (bicyclic) bond motifs is 1. The number of hydrogen-bond donors (Lipinski definition) is 0. The van der Waals surface area contributed by atoms with Gasteiger partial charge >= 0.3 is 0 Å². The van der Waals surface area contributed by atoms with E-state index in [-0.39, 0.29) is 0 Å². The standard InChI is InChI=1S/C16H26O/c1-11-5-3-6-13(11)16(2)10-9-12-14(16)7-4-8-15(12)17/h11-14H,3-10H2,1-2H3/t11?,12-,13?,14-,16?/m0/s1. The van der Waals surface area contributed by atoms with Crippen LogP contribution in [-0.2, 0) is 4.79 Å². The summed E-state index contributed by atoms with van der Waals surface area (Å²) in [6.45, 7) is 4.96. The summed E-state index contributed by atoms with van der Waals surface area (Å²) in [5, 5.41) is 0. The predicted molar refractivity (Wildman–Crippen MR) is 69.7 cm³/mol. The summed E-state index contributed by atoms with van der Waals surface area (Å²) in [7, 11) is 0. The van der Waals surface area contributed by atoms with Gasteiger partial charge in [0.25, 0.3) is 0 Å². The zero-order chi connectivity index (χ0) is 12.0. The van der Waals surface area contributed by atoms with Crippen molar-refractivity contribution in [1.29, 1.82) is 0 Å². The molecule has 96 valence electrons. The van der Waals surface area contributed by atoms with Crippen LogP contribution in [0.15, 0.2) is 0 Å². The van der Waals surface area contributed by atoms with Crippen molar-refractivity contribution in [3.8, 4) is 0 Å². The lowest BCUT2D eigenvalue weighted by Crippen LogP contribution is -2.38. The summed E-state index contributed by atoms with van der Waals surface area (Å²) in [6.07, 6.45) is 10.2. The molecule has 0 radical (unpaired) electrons. The number of carbonyl (C=O) groups is 1.